The van der Waals surface area contributed by atoms with E-state index in [0.717, 1.165) is 5.52 Å². The topological polar surface area (TPSA) is 76.7 Å². The summed E-state index contributed by atoms with van der Waals surface area (Å²) in [6.07, 6.45) is 3.23. The summed E-state index contributed by atoms with van der Waals surface area (Å²) in [6, 6.07) is 1.74. The highest BCUT2D eigenvalue weighted by molar-refractivity contribution is 5.77. The van der Waals surface area contributed by atoms with Crippen LogP contribution < -0.4 is 11.3 Å². The number of hydrogen-bond acceptors (Lipinski definition) is 3. The van der Waals surface area contributed by atoms with Crippen molar-refractivity contribution in [1.29, 1.82) is 0 Å². The Labute approximate surface area is 74.2 Å². The third-order valence-corrected chi connectivity index (χ3v) is 1.99. The summed E-state index contributed by atoms with van der Waals surface area (Å²) in [5, 5.41) is 6.70. The molecular weight excluding hydrogens is 168 g/mol. The Bertz CT molecular complexity index is 482. The number of H-pyrrole nitrogens is 1. The first-order valence-corrected chi connectivity index (χ1v) is 4.00. The third-order valence-electron chi connectivity index (χ3n) is 1.99. The van der Waals surface area contributed by atoms with Gasteiger partial charge in [-0.3, -0.25) is 4.79 Å². The van der Waals surface area contributed by atoms with Gasteiger partial charge in [0.1, 0.15) is 0 Å². The number of nitrogens with one attached hydrogen (secondary N) is 1. The van der Waals surface area contributed by atoms with Gasteiger partial charge in [-0.2, -0.15) is 5.10 Å². The van der Waals surface area contributed by atoms with Crippen molar-refractivity contribution < 1.29 is 0 Å². The standard InChI is InChI=1S/C8H10N4O/c1-5(9)12-3-2-6-7(12)4-10-11-8(6)13/h2-5H,9H2,1H3,(H,11,13). The Balaban J connectivity index is 2.83. The highest BCUT2D eigenvalue weighted by Crippen LogP contribution is 2.12. The van der Waals surface area contributed by atoms with E-state index in [1.165, 1.54) is 0 Å². The lowest BCUT2D eigenvalue weighted by atomic mass is 10.4. The number of aromatic nitrogens is 3. The molecule has 0 aliphatic rings. The molecule has 0 radical (unpaired) electrons. The van der Waals surface area contributed by atoms with Gasteiger partial charge in [0.2, 0.25) is 0 Å². The SMILES string of the molecule is CC(N)n1ccc2c(=O)[nH]ncc21. The maximum absolute atomic E-state index is 11.2. The number of nitrogens with two attached hydrogens (primary N) is 1. The van der Waals surface area contributed by atoms with Crippen LogP contribution in [0.3, 0.4) is 0 Å². The lowest BCUT2D eigenvalue weighted by Gasteiger charge is -2.07. The van der Waals surface area contributed by atoms with Crippen LogP contribution in [-0.4, -0.2) is 14.8 Å². The van der Waals surface area contributed by atoms with Gasteiger partial charge in [0.15, 0.2) is 0 Å². The molecule has 68 valence electrons. The molecule has 5 nitrogen and oxygen atoms in total. The van der Waals surface area contributed by atoms with E-state index in [1.54, 1.807) is 23.0 Å². The molecule has 5 heteroatoms. The van der Waals surface area contributed by atoms with Gasteiger partial charge < -0.3 is 10.3 Å². The molecule has 0 bridgehead atoms. The molecule has 0 spiro atoms. The summed E-state index contributed by atoms with van der Waals surface area (Å²) in [5.41, 5.74) is 6.28. The third kappa shape index (κ3) is 1.13. The quantitative estimate of drug-likeness (QED) is 0.655. The number of fused-ring (bicyclic) bond motifs is 1. The van der Waals surface area contributed by atoms with Crippen LogP contribution in [0.15, 0.2) is 23.3 Å². The summed E-state index contributed by atoms with van der Waals surface area (Å²) >= 11 is 0. The molecule has 0 saturated heterocycles. The lowest BCUT2D eigenvalue weighted by molar-refractivity contribution is 0.591. The van der Waals surface area contributed by atoms with Crippen LogP contribution in [-0.2, 0) is 0 Å². The van der Waals surface area contributed by atoms with Gasteiger partial charge in [0.25, 0.3) is 5.56 Å². The first kappa shape index (κ1) is 8.00. The summed E-state index contributed by atoms with van der Waals surface area (Å²) in [5.74, 6) is 0. The molecule has 0 aliphatic heterocycles. The van der Waals surface area contributed by atoms with E-state index in [2.05, 4.69) is 10.2 Å². The molecule has 2 aromatic heterocycles. The smallest absolute Gasteiger partial charge is 0.273 e. The molecule has 0 aliphatic carbocycles. The Morgan fingerprint density at radius 1 is 1.69 bits per heavy atom. The van der Waals surface area contributed by atoms with Crippen molar-refractivity contribution in [1.82, 2.24) is 14.8 Å². The molecule has 3 N–H and O–H groups in total. The van der Waals surface area contributed by atoms with E-state index < -0.39 is 0 Å². The van der Waals surface area contributed by atoms with Gasteiger partial charge in [-0.05, 0) is 13.0 Å². The summed E-state index contributed by atoms with van der Waals surface area (Å²) in [6.45, 7) is 1.85. The van der Waals surface area contributed by atoms with Crippen molar-refractivity contribution in [2.45, 2.75) is 13.1 Å². The minimum Gasteiger partial charge on any atom is -0.330 e. The van der Waals surface area contributed by atoms with E-state index in [4.69, 9.17) is 5.73 Å². The van der Waals surface area contributed by atoms with Crippen LogP contribution in [0.4, 0.5) is 0 Å². The highest BCUT2D eigenvalue weighted by Gasteiger charge is 2.06. The zero-order chi connectivity index (χ0) is 9.42. The minimum atomic E-state index is -0.183. The van der Waals surface area contributed by atoms with E-state index in [9.17, 15) is 4.79 Å². The van der Waals surface area contributed by atoms with Gasteiger partial charge in [0, 0.05) is 6.20 Å². The van der Waals surface area contributed by atoms with Gasteiger partial charge in [0.05, 0.1) is 23.3 Å². The maximum Gasteiger partial charge on any atom is 0.273 e. The first-order chi connectivity index (χ1) is 6.20. The predicted octanol–water partition coefficient (Wildman–Crippen LogP) is 0.202. The molecule has 2 heterocycles. The fourth-order valence-electron chi connectivity index (χ4n) is 1.36. The maximum atomic E-state index is 11.2. The molecule has 13 heavy (non-hydrogen) atoms. The summed E-state index contributed by atoms with van der Waals surface area (Å²) in [7, 11) is 0. The van der Waals surface area contributed by atoms with Crippen LogP contribution >= 0.6 is 0 Å². The van der Waals surface area contributed by atoms with E-state index in [0.29, 0.717) is 5.39 Å². The molecule has 2 rings (SSSR count). The molecule has 0 saturated carbocycles. The van der Waals surface area contributed by atoms with Gasteiger partial charge in [-0.1, -0.05) is 0 Å². The molecular formula is C8H10N4O. The normalized spacial score (nSPS) is 13.4. The zero-order valence-electron chi connectivity index (χ0n) is 7.19. The predicted molar refractivity (Wildman–Crippen MR) is 49.3 cm³/mol. The Kier molecular flexibility index (Phi) is 1.66. The van der Waals surface area contributed by atoms with Gasteiger partial charge in [-0.25, -0.2) is 5.10 Å². The van der Waals surface area contributed by atoms with Crippen molar-refractivity contribution in [2.75, 3.05) is 0 Å². The Morgan fingerprint density at radius 2 is 2.46 bits per heavy atom. The van der Waals surface area contributed by atoms with Crippen LogP contribution in [0.1, 0.15) is 13.1 Å². The van der Waals surface area contributed by atoms with Gasteiger partial charge in [-0.15, -0.1) is 0 Å². The molecule has 1 unspecified atom stereocenters. The van der Waals surface area contributed by atoms with Crippen LogP contribution in [0, 0.1) is 0 Å². The van der Waals surface area contributed by atoms with Gasteiger partial charge >= 0.3 is 0 Å². The monoisotopic (exact) mass is 178 g/mol. The average molecular weight is 178 g/mol. The number of rotatable bonds is 1. The minimum absolute atomic E-state index is 0.152. The fourth-order valence-corrected chi connectivity index (χ4v) is 1.36. The van der Waals surface area contributed by atoms with Crippen molar-refractivity contribution in [2.24, 2.45) is 5.73 Å². The average Bonchev–Trinajstić information content (AvgIpc) is 2.48. The highest BCUT2D eigenvalue weighted by atomic mass is 16.1. The van der Waals surface area contributed by atoms with Crippen LogP contribution in [0.2, 0.25) is 0 Å². The van der Waals surface area contributed by atoms with Crippen LogP contribution in [0.25, 0.3) is 10.9 Å². The lowest BCUT2D eigenvalue weighted by Crippen LogP contribution is -2.14. The Morgan fingerprint density at radius 3 is 3.15 bits per heavy atom. The van der Waals surface area contributed by atoms with E-state index >= 15 is 0 Å². The van der Waals surface area contributed by atoms with Crippen LogP contribution in [0.5, 0.6) is 0 Å². The second kappa shape index (κ2) is 2.70. The van der Waals surface area contributed by atoms with Crippen molar-refractivity contribution in [3.05, 3.63) is 28.8 Å². The molecule has 0 fully saturated rings. The number of aromatic amines is 1. The van der Waals surface area contributed by atoms with Crippen molar-refractivity contribution in [3.63, 3.8) is 0 Å². The van der Waals surface area contributed by atoms with E-state index in [-0.39, 0.29) is 11.7 Å². The van der Waals surface area contributed by atoms with E-state index in [1.807, 2.05) is 6.92 Å². The second-order valence-electron chi connectivity index (χ2n) is 2.96. The second-order valence-corrected chi connectivity index (χ2v) is 2.96. The molecule has 0 amide bonds. The molecule has 2 aromatic rings. The summed E-state index contributed by atoms with van der Waals surface area (Å²) < 4.78 is 1.80. The first-order valence-electron chi connectivity index (χ1n) is 4.00. The van der Waals surface area contributed by atoms with Crippen molar-refractivity contribution in [3.8, 4) is 0 Å². The van der Waals surface area contributed by atoms with Crippen molar-refractivity contribution >= 4 is 10.9 Å². The fraction of sp³-hybridized carbons (Fsp3) is 0.250. The summed E-state index contributed by atoms with van der Waals surface area (Å²) in [4.78, 5) is 11.2. The largest absolute Gasteiger partial charge is 0.330 e. The zero-order valence-corrected chi connectivity index (χ0v) is 7.19. The molecule has 0 aromatic carbocycles. The Hall–Kier alpha value is -1.62. The number of nitrogens with zero attached hydrogens (tertiary/aromatic N) is 2. The molecule has 1 atom stereocenters. The number of hydrogen-bond donors (Lipinski definition) is 2.